The zero-order valence-electron chi connectivity index (χ0n) is 7.41. The van der Waals surface area contributed by atoms with Gasteiger partial charge in [-0.1, -0.05) is 0 Å². The second kappa shape index (κ2) is 3.36. The number of nitrogens with two attached hydrogens (primary N) is 1. The third-order valence-corrected chi connectivity index (χ3v) is 2.86. The molecule has 0 aliphatic heterocycles. The van der Waals surface area contributed by atoms with Gasteiger partial charge in [-0.2, -0.15) is 0 Å². The fourth-order valence-electron chi connectivity index (χ4n) is 1.19. The molecule has 68 valence electrons. The van der Waals surface area contributed by atoms with Crippen molar-refractivity contribution >= 4 is 11.3 Å². The maximum Gasteiger partial charge on any atom is 0.144 e. The van der Waals surface area contributed by atoms with Crippen LogP contribution in [0.25, 0.3) is 10.6 Å². The molecule has 2 nitrogen and oxygen atoms in total. The highest BCUT2D eigenvalue weighted by atomic mass is 32.1. The lowest BCUT2D eigenvalue weighted by atomic mass is 10.3. The van der Waals surface area contributed by atoms with Gasteiger partial charge in [0.05, 0.1) is 11.4 Å². The number of rotatable bonds is 2. The SMILES string of the molecule is Cc1ccc(-c2ccc(CN)o2)s1. The average Bonchev–Trinajstić information content (AvgIpc) is 2.71. The summed E-state index contributed by atoms with van der Waals surface area (Å²) in [5, 5.41) is 0. The molecule has 0 radical (unpaired) electrons. The molecule has 0 aromatic carbocycles. The van der Waals surface area contributed by atoms with Crippen LogP contribution in [0.15, 0.2) is 28.7 Å². The summed E-state index contributed by atoms with van der Waals surface area (Å²) in [7, 11) is 0. The van der Waals surface area contributed by atoms with Crippen molar-refractivity contribution < 1.29 is 4.42 Å². The smallest absolute Gasteiger partial charge is 0.144 e. The Kier molecular flexibility index (Phi) is 2.20. The molecule has 2 aromatic heterocycles. The molecule has 0 saturated heterocycles. The monoisotopic (exact) mass is 193 g/mol. The standard InChI is InChI=1S/C10H11NOS/c1-7-2-5-10(13-7)9-4-3-8(6-11)12-9/h2-5H,6,11H2,1H3. The average molecular weight is 193 g/mol. The largest absolute Gasteiger partial charge is 0.459 e. The number of furan rings is 1. The van der Waals surface area contributed by atoms with Crippen LogP contribution in [-0.2, 0) is 6.54 Å². The van der Waals surface area contributed by atoms with E-state index in [-0.39, 0.29) is 0 Å². The summed E-state index contributed by atoms with van der Waals surface area (Å²) < 4.78 is 5.52. The van der Waals surface area contributed by atoms with Gasteiger partial charge in [0.15, 0.2) is 0 Å². The molecule has 0 saturated carbocycles. The maximum atomic E-state index is 5.52. The number of hydrogen-bond donors (Lipinski definition) is 1. The van der Waals surface area contributed by atoms with Crippen molar-refractivity contribution in [1.29, 1.82) is 0 Å². The van der Waals surface area contributed by atoms with Crippen molar-refractivity contribution in [2.24, 2.45) is 5.73 Å². The van der Waals surface area contributed by atoms with Gasteiger partial charge in [-0.3, -0.25) is 0 Å². The van der Waals surface area contributed by atoms with Crippen LogP contribution in [0.4, 0.5) is 0 Å². The lowest BCUT2D eigenvalue weighted by molar-refractivity contribution is 0.526. The summed E-state index contributed by atoms with van der Waals surface area (Å²) in [6.07, 6.45) is 0. The summed E-state index contributed by atoms with van der Waals surface area (Å²) >= 11 is 1.73. The van der Waals surface area contributed by atoms with Crippen molar-refractivity contribution in [2.45, 2.75) is 13.5 Å². The lowest BCUT2D eigenvalue weighted by Crippen LogP contribution is -1.92. The van der Waals surface area contributed by atoms with Gasteiger partial charge < -0.3 is 10.2 Å². The van der Waals surface area contributed by atoms with Gasteiger partial charge in [0.1, 0.15) is 11.5 Å². The molecule has 0 fully saturated rings. The molecular weight excluding hydrogens is 182 g/mol. The van der Waals surface area contributed by atoms with Gasteiger partial charge in [-0.15, -0.1) is 11.3 Å². The van der Waals surface area contributed by atoms with Crippen LogP contribution < -0.4 is 5.73 Å². The summed E-state index contributed by atoms with van der Waals surface area (Å²) in [6.45, 7) is 2.55. The molecule has 0 unspecified atom stereocenters. The third kappa shape index (κ3) is 1.66. The van der Waals surface area contributed by atoms with Crippen molar-refractivity contribution in [3.05, 3.63) is 34.9 Å². The van der Waals surface area contributed by atoms with E-state index in [0.29, 0.717) is 6.54 Å². The second-order valence-corrected chi connectivity index (χ2v) is 4.17. The summed E-state index contributed by atoms with van der Waals surface area (Å²) in [6, 6.07) is 8.04. The molecular formula is C10H11NOS. The van der Waals surface area contributed by atoms with E-state index in [9.17, 15) is 0 Å². The van der Waals surface area contributed by atoms with Crippen LogP contribution in [0, 0.1) is 6.92 Å². The van der Waals surface area contributed by atoms with E-state index in [0.717, 1.165) is 16.4 Å². The topological polar surface area (TPSA) is 39.2 Å². The predicted octanol–water partition coefficient (Wildman–Crippen LogP) is 2.78. The Morgan fingerprint density at radius 2 is 2.15 bits per heavy atom. The summed E-state index contributed by atoms with van der Waals surface area (Å²) in [5.74, 6) is 1.75. The van der Waals surface area contributed by atoms with E-state index in [1.54, 1.807) is 11.3 Å². The van der Waals surface area contributed by atoms with Crippen LogP contribution in [0.2, 0.25) is 0 Å². The Bertz CT molecular complexity index is 402. The molecule has 13 heavy (non-hydrogen) atoms. The molecule has 2 N–H and O–H groups in total. The van der Waals surface area contributed by atoms with Crippen LogP contribution in [0.3, 0.4) is 0 Å². The van der Waals surface area contributed by atoms with Crippen LogP contribution >= 0.6 is 11.3 Å². The number of hydrogen-bond acceptors (Lipinski definition) is 3. The molecule has 0 spiro atoms. The zero-order chi connectivity index (χ0) is 9.26. The molecule has 0 amide bonds. The fraction of sp³-hybridized carbons (Fsp3) is 0.200. The molecule has 0 atom stereocenters. The maximum absolute atomic E-state index is 5.52. The Hall–Kier alpha value is -1.06. The Morgan fingerprint density at radius 1 is 1.31 bits per heavy atom. The van der Waals surface area contributed by atoms with E-state index >= 15 is 0 Å². The van der Waals surface area contributed by atoms with Crippen LogP contribution in [0.1, 0.15) is 10.6 Å². The molecule has 0 aliphatic carbocycles. The van der Waals surface area contributed by atoms with Crippen molar-refractivity contribution in [1.82, 2.24) is 0 Å². The number of aryl methyl sites for hydroxylation is 1. The van der Waals surface area contributed by atoms with E-state index in [2.05, 4.69) is 19.1 Å². The summed E-state index contributed by atoms with van der Waals surface area (Å²) in [4.78, 5) is 2.46. The fourth-order valence-corrected chi connectivity index (χ4v) is 2.02. The predicted molar refractivity (Wildman–Crippen MR) is 54.6 cm³/mol. The first-order valence-corrected chi connectivity index (χ1v) is 4.97. The lowest BCUT2D eigenvalue weighted by Gasteiger charge is -1.90. The van der Waals surface area contributed by atoms with Crippen molar-refractivity contribution in [3.63, 3.8) is 0 Å². The Morgan fingerprint density at radius 3 is 2.69 bits per heavy atom. The minimum atomic E-state index is 0.463. The van der Waals surface area contributed by atoms with Crippen molar-refractivity contribution in [2.75, 3.05) is 0 Å². The van der Waals surface area contributed by atoms with Crippen LogP contribution in [0.5, 0.6) is 0 Å². The Balaban J connectivity index is 2.35. The molecule has 0 bridgehead atoms. The van der Waals surface area contributed by atoms with E-state index in [1.807, 2.05) is 12.1 Å². The molecule has 2 rings (SSSR count). The highest BCUT2D eigenvalue weighted by Gasteiger charge is 2.05. The minimum Gasteiger partial charge on any atom is -0.459 e. The normalized spacial score (nSPS) is 10.6. The van der Waals surface area contributed by atoms with Gasteiger partial charge in [0.25, 0.3) is 0 Å². The molecule has 3 heteroatoms. The highest BCUT2D eigenvalue weighted by molar-refractivity contribution is 7.15. The molecule has 2 heterocycles. The third-order valence-electron chi connectivity index (χ3n) is 1.85. The van der Waals surface area contributed by atoms with Crippen LogP contribution in [-0.4, -0.2) is 0 Å². The highest BCUT2D eigenvalue weighted by Crippen LogP contribution is 2.28. The van der Waals surface area contributed by atoms with Gasteiger partial charge in [0.2, 0.25) is 0 Å². The van der Waals surface area contributed by atoms with Gasteiger partial charge >= 0.3 is 0 Å². The molecule has 0 aliphatic rings. The number of thiophene rings is 1. The van der Waals surface area contributed by atoms with E-state index < -0.39 is 0 Å². The Labute approximate surface area is 81.0 Å². The first kappa shape index (κ1) is 8.53. The zero-order valence-corrected chi connectivity index (χ0v) is 8.23. The van der Waals surface area contributed by atoms with E-state index in [4.69, 9.17) is 10.2 Å². The first-order valence-electron chi connectivity index (χ1n) is 4.15. The van der Waals surface area contributed by atoms with Gasteiger partial charge in [-0.25, -0.2) is 0 Å². The first-order chi connectivity index (χ1) is 6.29. The molecule has 2 aromatic rings. The quantitative estimate of drug-likeness (QED) is 0.796. The van der Waals surface area contributed by atoms with E-state index in [1.165, 1.54) is 4.88 Å². The minimum absolute atomic E-state index is 0.463. The second-order valence-electron chi connectivity index (χ2n) is 2.88. The summed E-state index contributed by atoms with van der Waals surface area (Å²) in [5.41, 5.74) is 5.46. The van der Waals surface area contributed by atoms with Gasteiger partial charge in [0, 0.05) is 4.88 Å². The van der Waals surface area contributed by atoms with Gasteiger partial charge in [-0.05, 0) is 31.2 Å². The van der Waals surface area contributed by atoms with Crippen molar-refractivity contribution in [3.8, 4) is 10.6 Å².